The summed E-state index contributed by atoms with van der Waals surface area (Å²) < 4.78 is 13.1. The van der Waals surface area contributed by atoms with Crippen LogP contribution in [-0.2, 0) is 9.53 Å². The van der Waals surface area contributed by atoms with E-state index in [-0.39, 0.29) is 17.9 Å². The van der Waals surface area contributed by atoms with Gasteiger partial charge in [0, 0.05) is 17.0 Å². The van der Waals surface area contributed by atoms with E-state index in [4.69, 9.17) is 9.15 Å². The van der Waals surface area contributed by atoms with Gasteiger partial charge in [-0.2, -0.15) is 0 Å². The Balaban J connectivity index is 1.63. The maximum absolute atomic E-state index is 13.8. The van der Waals surface area contributed by atoms with E-state index in [0.29, 0.717) is 37.7 Å². The number of carbonyl (C=O) groups excluding carboxylic acids is 1. The number of thioether (sulfide) groups is 1. The maximum Gasteiger partial charge on any atom is 0.338 e. The third-order valence-electron chi connectivity index (χ3n) is 6.46. The third kappa shape index (κ3) is 5.05. The molecule has 40 heavy (non-hydrogen) atoms. The zero-order valence-electron chi connectivity index (χ0n) is 22.2. The van der Waals surface area contributed by atoms with Gasteiger partial charge in [0.15, 0.2) is 4.80 Å². The topological polar surface area (TPSA) is 117 Å². The van der Waals surface area contributed by atoms with Crippen molar-refractivity contribution in [3.63, 3.8) is 0 Å². The van der Waals surface area contributed by atoms with Gasteiger partial charge in [0.25, 0.3) is 11.2 Å². The quantitative estimate of drug-likeness (QED) is 0.132. The lowest BCUT2D eigenvalue weighted by molar-refractivity contribution is -0.384. The largest absolute Gasteiger partial charge is 0.463 e. The number of nitro benzene ring substituents is 1. The second kappa shape index (κ2) is 11.1. The number of fused-ring (bicyclic) bond motifs is 1. The molecule has 0 aliphatic carbocycles. The maximum atomic E-state index is 13.8. The molecule has 0 spiro atoms. The number of carbonyl (C=O) groups is 1. The normalized spacial score (nSPS) is 15.1. The Morgan fingerprint density at radius 3 is 2.62 bits per heavy atom. The molecule has 0 N–H and O–H groups in total. The SMILES string of the molecule is CCOC(=O)C1=C(C)N=c2s/c(=C\c3ccc(-c4ccc(C)cc4[N+](=O)[O-])o3)c(=O)n2C1c1ccc(SC)cc1. The predicted molar refractivity (Wildman–Crippen MR) is 154 cm³/mol. The number of nitrogens with zero attached hydrogens (tertiary/aromatic N) is 3. The molecule has 0 bridgehead atoms. The molecule has 3 heterocycles. The summed E-state index contributed by atoms with van der Waals surface area (Å²) in [5.41, 5.74) is 2.26. The van der Waals surface area contributed by atoms with E-state index >= 15 is 0 Å². The summed E-state index contributed by atoms with van der Waals surface area (Å²) in [5.74, 6) is 0.155. The van der Waals surface area contributed by atoms with Crippen molar-refractivity contribution >= 4 is 40.8 Å². The zero-order valence-corrected chi connectivity index (χ0v) is 23.8. The van der Waals surface area contributed by atoms with Gasteiger partial charge >= 0.3 is 5.97 Å². The number of thiazole rings is 1. The van der Waals surface area contributed by atoms with Crippen LogP contribution >= 0.6 is 23.1 Å². The van der Waals surface area contributed by atoms with Crippen molar-refractivity contribution in [2.45, 2.75) is 31.7 Å². The molecule has 9 nitrogen and oxygen atoms in total. The molecule has 2 aromatic carbocycles. The lowest BCUT2D eigenvalue weighted by atomic mass is 9.96. The van der Waals surface area contributed by atoms with Crippen LogP contribution < -0.4 is 14.9 Å². The minimum Gasteiger partial charge on any atom is -0.463 e. The van der Waals surface area contributed by atoms with Crippen molar-refractivity contribution < 1.29 is 18.9 Å². The van der Waals surface area contributed by atoms with Crippen LogP contribution in [0, 0.1) is 17.0 Å². The van der Waals surface area contributed by atoms with Gasteiger partial charge < -0.3 is 9.15 Å². The van der Waals surface area contributed by atoms with Gasteiger partial charge in [0.2, 0.25) is 0 Å². The fraction of sp³-hybridized carbons (Fsp3) is 0.207. The van der Waals surface area contributed by atoms with E-state index < -0.39 is 16.9 Å². The van der Waals surface area contributed by atoms with Crippen LogP contribution in [0.5, 0.6) is 0 Å². The van der Waals surface area contributed by atoms with Gasteiger partial charge in [-0.3, -0.25) is 19.5 Å². The lowest BCUT2D eigenvalue weighted by Crippen LogP contribution is -2.39. The predicted octanol–water partition coefficient (Wildman–Crippen LogP) is 5.00. The highest BCUT2D eigenvalue weighted by Crippen LogP contribution is 2.33. The van der Waals surface area contributed by atoms with E-state index in [2.05, 4.69) is 4.99 Å². The van der Waals surface area contributed by atoms with E-state index in [0.717, 1.165) is 16.0 Å². The molecule has 0 saturated carbocycles. The number of nitro groups is 1. The molecule has 11 heteroatoms. The molecule has 0 fully saturated rings. The van der Waals surface area contributed by atoms with Crippen molar-refractivity contribution in [2.75, 3.05) is 12.9 Å². The number of aromatic nitrogens is 1. The summed E-state index contributed by atoms with van der Waals surface area (Å²) in [5, 5.41) is 11.6. The Hall–Kier alpha value is -4.22. The number of esters is 1. The highest BCUT2D eigenvalue weighted by atomic mass is 32.2. The van der Waals surface area contributed by atoms with Gasteiger partial charge in [-0.25, -0.2) is 9.79 Å². The molecule has 4 aromatic rings. The molecule has 5 rings (SSSR count). The summed E-state index contributed by atoms with van der Waals surface area (Å²) in [6.45, 7) is 5.44. The third-order valence-corrected chi connectivity index (χ3v) is 8.19. The van der Waals surface area contributed by atoms with Crippen molar-refractivity contribution in [2.24, 2.45) is 4.99 Å². The monoisotopic (exact) mass is 575 g/mol. The molecule has 1 atom stereocenters. The molecular formula is C29H25N3O6S2. The Kier molecular flexibility index (Phi) is 7.59. The highest BCUT2D eigenvalue weighted by molar-refractivity contribution is 7.98. The van der Waals surface area contributed by atoms with Crippen molar-refractivity contribution in [1.29, 1.82) is 0 Å². The number of ether oxygens (including phenoxy) is 1. The Bertz CT molecular complexity index is 1850. The van der Waals surface area contributed by atoms with E-state index in [1.165, 1.54) is 22.0 Å². The minimum absolute atomic E-state index is 0.0604. The Morgan fingerprint density at radius 1 is 1.20 bits per heavy atom. The van der Waals surface area contributed by atoms with Crippen molar-refractivity contribution in [1.82, 2.24) is 4.57 Å². The number of aryl methyl sites for hydroxylation is 1. The summed E-state index contributed by atoms with van der Waals surface area (Å²) in [7, 11) is 0. The van der Waals surface area contributed by atoms with Crippen LogP contribution in [0.15, 0.2) is 85.0 Å². The first-order valence-electron chi connectivity index (χ1n) is 12.4. The second-order valence-electron chi connectivity index (χ2n) is 9.06. The van der Waals surface area contributed by atoms with E-state index in [1.54, 1.807) is 62.9 Å². The number of hydrogen-bond donors (Lipinski definition) is 0. The average molecular weight is 576 g/mol. The first-order valence-corrected chi connectivity index (χ1v) is 14.4. The minimum atomic E-state index is -0.712. The summed E-state index contributed by atoms with van der Waals surface area (Å²) in [4.78, 5) is 44.1. The summed E-state index contributed by atoms with van der Waals surface area (Å²) >= 11 is 2.77. The van der Waals surface area contributed by atoms with Gasteiger partial charge in [-0.05, 0) is 68.5 Å². The molecule has 0 radical (unpaired) electrons. The van der Waals surface area contributed by atoms with Crippen molar-refractivity contribution in [3.8, 4) is 11.3 Å². The molecular weight excluding hydrogens is 550 g/mol. The van der Waals surface area contributed by atoms with Crippen LogP contribution in [-0.4, -0.2) is 28.3 Å². The number of furan rings is 1. The summed E-state index contributed by atoms with van der Waals surface area (Å²) in [6.07, 6.45) is 3.56. The molecule has 0 amide bonds. The Morgan fingerprint density at radius 2 is 1.95 bits per heavy atom. The molecule has 1 aliphatic heterocycles. The first kappa shape index (κ1) is 27.4. The van der Waals surface area contributed by atoms with Crippen LogP contribution in [0.3, 0.4) is 0 Å². The zero-order chi connectivity index (χ0) is 28.6. The summed E-state index contributed by atoms with van der Waals surface area (Å²) in [6, 6.07) is 15.2. The smallest absolute Gasteiger partial charge is 0.338 e. The number of rotatable bonds is 7. The van der Waals surface area contributed by atoms with Crippen molar-refractivity contribution in [3.05, 3.63) is 113 Å². The van der Waals surface area contributed by atoms with Gasteiger partial charge in [0.05, 0.1) is 38.9 Å². The van der Waals surface area contributed by atoms with Gasteiger partial charge in [-0.1, -0.05) is 29.5 Å². The lowest BCUT2D eigenvalue weighted by Gasteiger charge is -2.24. The number of benzene rings is 2. The molecule has 1 aliphatic rings. The van der Waals surface area contributed by atoms with Crippen LogP contribution in [0.1, 0.15) is 36.8 Å². The van der Waals surface area contributed by atoms with Crippen LogP contribution in [0.4, 0.5) is 5.69 Å². The second-order valence-corrected chi connectivity index (χ2v) is 10.9. The molecule has 2 aromatic heterocycles. The van der Waals surface area contributed by atoms with E-state index in [9.17, 15) is 19.7 Å². The molecule has 204 valence electrons. The molecule has 0 saturated heterocycles. The average Bonchev–Trinajstić information content (AvgIpc) is 3.52. The first-order chi connectivity index (χ1) is 19.2. The highest BCUT2D eigenvalue weighted by Gasteiger charge is 2.33. The fourth-order valence-corrected chi connectivity index (χ4v) is 6.03. The Labute approximate surface area is 237 Å². The molecule has 1 unspecified atom stereocenters. The fourth-order valence-electron chi connectivity index (χ4n) is 4.60. The van der Waals surface area contributed by atoms with E-state index in [1.807, 2.05) is 30.5 Å². The van der Waals surface area contributed by atoms with Gasteiger partial charge in [0.1, 0.15) is 11.5 Å². The van der Waals surface area contributed by atoms with Crippen LogP contribution in [0.25, 0.3) is 17.4 Å². The number of hydrogen-bond acceptors (Lipinski definition) is 9. The standard InChI is InChI=1S/C29H25N3O6S2/c1-5-37-28(34)25-17(3)30-29-31(26(25)18-7-10-20(39-4)11-8-18)27(33)24(40-29)15-19-9-13-23(38-19)21-12-6-16(2)14-22(21)32(35)36/h6-15,26H,5H2,1-4H3/b24-15-. The van der Waals surface area contributed by atoms with Gasteiger partial charge in [-0.15, -0.1) is 11.8 Å². The number of allylic oxidation sites excluding steroid dienone is 1. The van der Waals surface area contributed by atoms with Crippen LogP contribution in [0.2, 0.25) is 0 Å².